The van der Waals surface area contributed by atoms with Crippen molar-refractivity contribution in [1.29, 1.82) is 0 Å². The Morgan fingerprint density at radius 1 is 1.62 bits per heavy atom. The lowest BCUT2D eigenvalue weighted by atomic mass is 10.1. The normalized spacial score (nSPS) is 15.4. The van der Waals surface area contributed by atoms with Crippen LogP contribution in [-0.4, -0.2) is 35.8 Å². The third kappa shape index (κ3) is 3.46. The van der Waals surface area contributed by atoms with Gasteiger partial charge in [-0.3, -0.25) is 10.1 Å². The minimum Gasteiger partial charge on any atom is -0.465 e. The Morgan fingerprint density at radius 2 is 2.29 bits per heavy atom. The molecule has 0 amide bonds. The fourth-order valence-corrected chi connectivity index (χ4v) is 1.98. The van der Waals surface area contributed by atoms with Crippen molar-refractivity contribution in [2.45, 2.75) is 18.9 Å². The SMILES string of the molecule is COC(=O)c1cc(NCC(O)C2CC2)c([N+](=O)[O-])cc1F. The van der Waals surface area contributed by atoms with E-state index < -0.39 is 34.1 Å². The zero-order valence-electron chi connectivity index (χ0n) is 11.3. The molecule has 1 aliphatic carbocycles. The number of carbonyl (C=O) groups is 1. The van der Waals surface area contributed by atoms with Crippen LogP contribution in [0.1, 0.15) is 23.2 Å². The van der Waals surface area contributed by atoms with E-state index in [1.54, 1.807) is 0 Å². The lowest BCUT2D eigenvalue weighted by Gasteiger charge is -2.13. The van der Waals surface area contributed by atoms with Crippen LogP contribution in [0.15, 0.2) is 12.1 Å². The van der Waals surface area contributed by atoms with Gasteiger partial charge in [-0.1, -0.05) is 0 Å². The number of nitro groups is 1. The highest BCUT2D eigenvalue weighted by Gasteiger charge is 2.30. The molecule has 0 saturated heterocycles. The van der Waals surface area contributed by atoms with Crippen molar-refractivity contribution < 1.29 is 24.0 Å². The van der Waals surface area contributed by atoms with Crippen LogP contribution in [0.4, 0.5) is 15.8 Å². The maximum absolute atomic E-state index is 13.7. The molecule has 1 atom stereocenters. The molecule has 1 aromatic carbocycles. The molecule has 0 aliphatic heterocycles. The third-order valence-electron chi connectivity index (χ3n) is 3.36. The van der Waals surface area contributed by atoms with E-state index >= 15 is 0 Å². The van der Waals surface area contributed by atoms with Gasteiger partial charge in [0, 0.05) is 6.54 Å². The monoisotopic (exact) mass is 298 g/mol. The van der Waals surface area contributed by atoms with E-state index in [0.29, 0.717) is 6.07 Å². The van der Waals surface area contributed by atoms with Crippen LogP contribution in [0.25, 0.3) is 0 Å². The van der Waals surface area contributed by atoms with Crippen molar-refractivity contribution in [1.82, 2.24) is 0 Å². The van der Waals surface area contributed by atoms with Gasteiger partial charge in [0.1, 0.15) is 11.5 Å². The summed E-state index contributed by atoms with van der Waals surface area (Å²) in [4.78, 5) is 21.6. The van der Waals surface area contributed by atoms with Crippen molar-refractivity contribution in [2.24, 2.45) is 5.92 Å². The topological polar surface area (TPSA) is 102 Å². The second kappa shape index (κ2) is 6.04. The highest BCUT2D eigenvalue weighted by molar-refractivity contribution is 5.91. The fourth-order valence-electron chi connectivity index (χ4n) is 1.98. The van der Waals surface area contributed by atoms with E-state index in [1.165, 1.54) is 0 Å². The summed E-state index contributed by atoms with van der Waals surface area (Å²) in [7, 11) is 1.09. The number of aliphatic hydroxyl groups is 1. The van der Waals surface area contributed by atoms with Gasteiger partial charge < -0.3 is 15.2 Å². The summed E-state index contributed by atoms with van der Waals surface area (Å²) in [5.41, 5.74) is -0.920. The second-order valence-electron chi connectivity index (χ2n) is 4.88. The average molecular weight is 298 g/mol. The zero-order chi connectivity index (χ0) is 15.6. The summed E-state index contributed by atoms with van der Waals surface area (Å²) in [6, 6.07) is 1.69. The summed E-state index contributed by atoms with van der Waals surface area (Å²) >= 11 is 0. The van der Waals surface area contributed by atoms with Gasteiger partial charge in [0.2, 0.25) is 0 Å². The van der Waals surface area contributed by atoms with Crippen LogP contribution in [0, 0.1) is 21.8 Å². The standard InChI is InChI=1S/C13H15FN2O5/c1-21-13(18)8-4-10(11(16(19)20)5-9(8)14)15-6-12(17)7-2-3-7/h4-5,7,12,15,17H,2-3,6H2,1H3. The van der Waals surface area contributed by atoms with Gasteiger partial charge in [-0.15, -0.1) is 0 Å². The quantitative estimate of drug-likeness (QED) is 0.471. The molecule has 7 nitrogen and oxygen atoms in total. The molecule has 0 bridgehead atoms. The van der Waals surface area contributed by atoms with Gasteiger partial charge in [0.25, 0.3) is 5.69 Å². The summed E-state index contributed by atoms with van der Waals surface area (Å²) < 4.78 is 18.1. The van der Waals surface area contributed by atoms with Crippen molar-refractivity contribution in [3.63, 3.8) is 0 Å². The molecule has 0 heterocycles. The number of hydrogen-bond donors (Lipinski definition) is 2. The molecule has 21 heavy (non-hydrogen) atoms. The Kier molecular flexibility index (Phi) is 4.37. The van der Waals surface area contributed by atoms with Gasteiger partial charge in [0.05, 0.1) is 29.8 Å². The smallest absolute Gasteiger partial charge is 0.340 e. The van der Waals surface area contributed by atoms with Gasteiger partial charge in [-0.2, -0.15) is 0 Å². The number of nitrogens with one attached hydrogen (secondary N) is 1. The molecule has 1 aliphatic rings. The van der Waals surface area contributed by atoms with E-state index in [1.807, 2.05) is 0 Å². The van der Waals surface area contributed by atoms with Crippen molar-refractivity contribution >= 4 is 17.3 Å². The highest BCUT2D eigenvalue weighted by atomic mass is 19.1. The van der Waals surface area contributed by atoms with Crippen molar-refractivity contribution in [2.75, 3.05) is 19.0 Å². The van der Waals surface area contributed by atoms with E-state index in [2.05, 4.69) is 10.1 Å². The molecule has 114 valence electrons. The minimum absolute atomic E-state index is 0.0264. The number of nitro benzene ring substituents is 1. The first-order valence-electron chi connectivity index (χ1n) is 6.42. The molecule has 2 N–H and O–H groups in total. The first-order chi connectivity index (χ1) is 9.93. The fraction of sp³-hybridized carbons (Fsp3) is 0.462. The van der Waals surface area contributed by atoms with Crippen LogP contribution in [0.2, 0.25) is 0 Å². The number of esters is 1. The highest BCUT2D eigenvalue weighted by Crippen LogP contribution is 2.33. The maximum Gasteiger partial charge on any atom is 0.340 e. The number of anilines is 1. The Bertz CT molecular complexity index is 574. The van der Waals surface area contributed by atoms with Crippen LogP contribution in [0.5, 0.6) is 0 Å². The number of nitrogens with zero attached hydrogens (tertiary/aromatic N) is 1. The largest absolute Gasteiger partial charge is 0.465 e. The molecule has 1 saturated carbocycles. The summed E-state index contributed by atoms with van der Waals surface area (Å²) in [5.74, 6) is -1.76. The average Bonchev–Trinajstić information content (AvgIpc) is 3.28. The number of carbonyl (C=O) groups excluding carboxylic acids is 1. The number of methoxy groups -OCH3 is 1. The molecule has 1 aromatic rings. The first kappa shape index (κ1) is 15.2. The van der Waals surface area contributed by atoms with Gasteiger partial charge in [-0.25, -0.2) is 9.18 Å². The Morgan fingerprint density at radius 3 is 2.81 bits per heavy atom. The number of benzene rings is 1. The summed E-state index contributed by atoms with van der Waals surface area (Å²) in [5, 5.41) is 23.4. The predicted molar refractivity (Wildman–Crippen MR) is 71.6 cm³/mol. The van der Waals surface area contributed by atoms with E-state index in [-0.39, 0.29) is 18.2 Å². The zero-order valence-corrected chi connectivity index (χ0v) is 11.3. The molecular weight excluding hydrogens is 283 g/mol. The number of hydrogen-bond acceptors (Lipinski definition) is 6. The van der Waals surface area contributed by atoms with E-state index in [4.69, 9.17) is 0 Å². The lowest BCUT2D eigenvalue weighted by Crippen LogP contribution is -2.22. The van der Waals surface area contributed by atoms with Crippen LogP contribution < -0.4 is 5.32 Å². The summed E-state index contributed by atoms with van der Waals surface area (Å²) in [6.07, 6.45) is 1.21. The van der Waals surface area contributed by atoms with Crippen molar-refractivity contribution in [3.8, 4) is 0 Å². The first-order valence-corrected chi connectivity index (χ1v) is 6.42. The van der Waals surface area contributed by atoms with Gasteiger partial charge in [-0.05, 0) is 24.8 Å². The predicted octanol–water partition coefficient (Wildman–Crippen LogP) is 1.70. The number of aliphatic hydroxyl groups excluding tert-OH is 1. The Balaban J connectivity index is 2.26. The number of ether oxygens (including phenoxy) is 1. The Hall–Kier alpha value is -2.22. The summed E-state index contributed by atoms with van der Waals surface area (Å²) in [6.45, 7) is 0.0950. The number of halogens is 1. The maximum atomic E-state index is 13.7. The minimum atomic E-state index is -1.03. The molecule has 8 heteroatoms. The molecule has 0 radical (unpaired) electrons. The molecule has 1 unspecified atom stereocenters. The molecule has 0 spiro atoms. The lowest BCUT2D eigenvalue weighted by molar-refractivity contribution is -0.384. The van der Waals surface area contributed by atoms with Gasteiger partial charge >= 0.3 is 5.97 Å². The molecule has 2 rings (SSSR count). The van der Waals surface area contributed by atoms with E-state index in [0.717, 1.165) is 26.0 Å². The second-order valence-corrected chi connectivity index (χ2v) is 4.88. The van der Waals surface area contributed by atoms with E-state index in [9.17, 15) is 24.4 Å². The molecule has 0 aromatic heterocycles. The van der Waals surface area contributed by atoms with Gasteiger partial charge in [0.15, 0.2) is 0 Å². The van der Waals surface area contributed by atoms with Crippen molar-refractivity contribution in [3.05, 3.63) is 33.6 Å². The molecular formula is C13H15FN2O5. The molecule has 1 fully saturated rings. The van der Waals surface area contributed by atoms with Crippen LogP contribution in [0.3, 0.4) is 0 Å². The number of rotatable bonds is 6. The third-order valence-corrected chi connectivity index (χ3v) is 3.36. The van der Waals surface area contributed by atoms with Crippen LogP contribution in [-0.2, 0) is 4.74 Å². The Labute approximate surface area is 119 Å². The van der Waals surface area contributed by atoms with Crippen LogP contribution >= 0.6 is 0 Å².